The van der Waals surface area contributed by atoms with Crippen LogP contribution in [-0.2, 0) is 0 Å². The zero-order chi connectivity index (χ0) is 2.12. The van der Waals surface area contributed by atoms with Gasteiger partial charge in [0.05, 0.1) is 0 Å². The maximum atomic E-state index is 1.50. The Hall–Kier alpha value is 0.870. The average molecular weight is 160 g/mol. The van der Waals surface area contributed by atoms with Gasteiger partial charge in [0.25, 0.3) is 0 Å². The topological polar surface area (TPSA) is 0 Å². The molecule has 0 amide bonds. The number of rotatable bonds is 0. The van der Waals surface area contributed by atoms with Crippen LogP contribution in [0, 0.1) is 0 Å². The van der Waals surface area contributed by atoms with Gasteiger partial charge in [-0.2, -0.15) is 0 Å². The van der Waals surface area contributed by atoms with Crippen LogP contribution in [0.25, 0.3) is 0 Å². The summed E-state index contributed by atoms with van der Waals surface area (Å²) in [6.45, 7) is 0. The first kappa shape index (κ1) is 4.87. The molecule has 1 saturated carbocycles. The van der Waals surface area contributed by atoms with Crippen LogP contribution in [0.15, 0.2) is 0 Å². The van der Waals surface area contributed by atoms with Crippen molar-refractivity contribution in [3.8, 4) is 0 Å². The molecule has 0 atom stereocenters. The van der Waals surface area contributed by atoms with E-state index in [2.05, 4.69) is 0 Å². The van der Waals surface area contributed by atoms with Crippen molar-refractivity contribution in [1.82, 2.24) is 0 Å². The standard InChI is InChI=1S/C3H6.In.3H/c1-2-3-1;;;;/h1-3H2;;;;. The van der Waals surface area contributed by atoms with Crippen LogP contribution in [0.2, 0.25) is 0 Å². The second-order valence-electron chi connectivity index (χ2n) is 1.06. The van der Waals surface area contributed by atoms with Crippen molar-refractivity contribution < 1.29 is 0 Å². The summed E-state index contributed by atoms with van der Waals surface area (Å²) >= 11 is 0. The van der Waals surface area contributed by atoms with Gasteiger partial charge in [0, 0.05) is 0 Å². The van der Waals surface area contributed by atoms with E-state index in [4.69, 9.17) is 0 Å². The second kappa shape index (κ2) is 2.13. The van der Waals surface area contributed by atoms with Crippen molar-refractivity contribution in [1.29, 1.82) is 0 Å². The fraction of sp³-hybridized carbons (Fsp3) is 1.00. The molecule has 0 bridgehead atoms. The van der Waals surface area contributed by atoms with Gasteiger partial charge in [0.2, 0.25) is 0 Å². The normalized spacial score (nSPS) is 18.0. The summed E-state index contributed by atoms with van der Waals surface area (Å²) in [6.07, 6.45) is 4.50. The van der Waals surface area contributed by atoms with Crippen LogP contribution >= 0.6 is 0 Å². The minimum atomic E-state index is 0. The fourth-order valence-corrected chi connectivity index (χ4v) is 0. The summed E-state index contributed by atoms with van der Waals surface area (Å²) in [5.41, 5.74) is 0. The Morgan fingerprint density at radius 1 is 0.750 bits per heavy atom. The molecule has 0 nitrogen and oxygen atoms in total. The van der Waals surface area contributed by atoms with E-state index in [1.165, 1.54) is 19.3 Å². The summed E-state index contributed by atoms with van der Waals surface area (Å²) in [4.78, 5) is 0. The van der Waals surface area contributed by atoms with Gasteiger partial charge >= 0.3 is 25.8 Å². The SMILES string of the molecule is C1CC1.[InH3]. The van der Waals surface area contributed by atoms with E-state index < -0.39 is 0 Å². The minimum absolute atomic E-state index is 0. The summed E-state index contributed by atoms with van der Waals surface area (Å²) in [7, 11) is 0. The van der Waals surface area contributed by atoms with Gasteiger partial charge in [0.1, 0.15) is 0 Å². The fourth-order valence-electron chi connectivity index (χ4n) is 0. The molecule has 0 aromatic rings. The Kier molecular flexibility index (Phi) is 2.59. The van der Waals surface area contributed by atoms with E-state index in [1.54, 1.807) is 0 Å². The molecule has 24 valence electrons. The zero-order valence-corrected chi connectivity index (χ0v) is 2.12. The molecule has 4 heavy (non-hydrogen) atoms. The molecule has 1 heteroatoms. The van der Waals surface area contributed by atoms with E-state index in [9.17, 15) is 0 Å². The molecule has 0 aliphatic heterocycles. The Bertz CT molecular complexity index is 8.00. The Balaban J connectivity index is 0.0000000900. The Morgan fingerprint density at radius 3 is 1.00 bits per heavy atom. The molecule has 0 aromatic carbocycles. The third-order valence-electron chi connectivity index (χ3n) is 0.354. The Labute approximate surface area is 45.4 Å². The summed E-state index contributed by atoms with van der Waals surface area (Å²) in [5, 5.41) is 0. The van der Waals surface area contributed by atoms with Gasteiger partial charge in [-0.3, -0.25) is 0 Å². The molecule has 0 unspecified atom stereocenters. The van der Waals surface area contributed by atoms with E-state index in [-0.39, 0.29) is 25.8 Å². The molecular formula is C3H9In. The Morgan fingerprint density at radius 2 is 1.00 bits per heavy atom. The van der Waals surface area contributed by atoms with Gasteiger partial charge in [-0.1, -0.05) is 19.3 Å². The number of hydrogen-bond donors (Lipinski definition) is 0. The first-order chi connectivity index (χ1) is 1.50. The van der Waals surface area contributed by atoms with Crippen molar-refractivity contribution >= 4 is 25.8 Å². The maximum absolute atomic E-state index is 1.50. The predicted molar refractivity (Wildman–Crippen MR) is 23.8 cm³/mol. The monoisotopic (exact) mass is 160 g/mol. The average Bonchev–Trinajstić information content (AvgIpc) is 1.46. The first-order valence-corrected chi connectivity index (χ1v) is 1.50. The van der Waals surface area contributed by atoms with E-state index >= 15 is 0 Å². The second-order valence-corrected chi connectivity index (χ2v) is 1.06. The summed E-state index contributed by atoms with van der Waals surface area (Å²) < 4.78 is 0. The molecule has 1 aliphatic carbocycles. The van der Waals surface area contributed by atoms with Crippen LogP contribution < -0.4 is 0 Å². The molecule has 0 spiro atoms. The van der Waals surface area contributed by atoms with Crippen LogP contribution in [0.1, 0.15) is 19.3 Å². The quantitative estimate of drug-likeness (QED) is 0.467. The van der Waals surface area contributed by atoms with E-state index in [1.807, 2.05) is 0 Å². The van der Waals surface area contributed by atoms with E-state index in [0.29, 0.717) is 0 Å². The van der Waals surface area contributed by atoms with Crippen LogP contribution in [0.5, 0.6) is 0 Å². The third-order valence-corrected chi connectivity index (χ3v) is 0.354. The molecule has 1 rings (SSSR count). The first-order valence-electron chi connectivity index (χ1n) is 1.50. The molecule has 0 heterocycles. The van der Waals surface area contributed by atoms with Gasteiger partial charge in [-0.15, -0.1) is 0 Å². The molecule has 0 aromatic heterocycles. The molecule has 0 saturated heterocycles. The molecular weight excluding hydrogens is 151 g/mol. The zero-order valence-electron chi connectivity index (χ0n) is 2.12. The van der Waals surface area contributed by atoms with Crippen molar-refractivity contribution in [2.24, 2.45) is 0 Å². The van der Waals surface area contributed by atoms with Crippen molar-refractivity contribution in [3.05, 3.63) is 0 Å². The van der Waals surface area contributed by atoms with Gasteiger partial charge in [0.15, 0.2) is 0 Å². The van der Waals surface area contributed by atoms with Crippen LogP contribution in [0.3, 0.4) is 0 Å². The molecule has 1 fully saturated rings. The van der Waals surface area contributed by atoms with Gasteiger partial charge in [-0.05, 0) is 0 Å². The van der Waals surface area contributed by atoms with E-state index in [0.717, 1.165) is 0 Å². The molecule has 0 radical (unpaired) electrons. The van der Waals surface area contributed by atoms with Crippen molar-refractivity contribution in [2.45, 2.75) is 19.3 Å². The summed E-state index contributed by atoms with van der Waals surface area (Å²) in [6, 6.07) is 0. The molecule has 0 N–H and O–H groups in total. The predicted octanol–water partition coefficient (Wildman–Crippen LogP) is -0.0136. The van der Waals surface area contributed by atoms with Crippen molar-refractivity contribution in [2.75, 3.05) is 0 Å². The van der Waals surface area contributed by atoms with Crippen molar-refractivity contribution in [3.63, 3.8) is 0 Å². The molecule has 1 aliphatic rings. The van der Waals surface area contributed by atoms with Gasteiger partial charge < -0.3 is 0 Å². The van der Waals surface area contributed by atoms with Crippen LogP contribution in [0.4, 0.5) is 0 Å². The van der Waals surface area contributed by atoms with Gasteiger partial charge in [-0.25, -0.2) is 0 Å². The summed E-state index contributed by atoms with van der Waals surface area (Å²) in [5.74, 6) is 0. The number of hydrogen-bond acceptors (Lipinski definition) is 0. The third kappa shape index (κ3) is 2.87. The van der Waals surface area contributed by atoms with Crippen LogP contribution in [-0.4, -0.2) is 25.8 Å².